The molecule has 0 bridgehead atoms. The van der Waals surface area contributed by atoms with Crippen LogP contribution in [0.25, 0.3) is 0 Å². The van der Waals surface area contributed by atoms with Gasteiger partial charge in [0, 0.05) is 31.4 Å². The Labute approximate surface area is 124 Å². The van der Waals surface area contributed by atoms with E-state index in [1.807, 2.05) is 0 Å². The van der Waals surface area contributed by atoms with Crippen molar-refractivity contribution in [3.05, 3.63) is 23.4 Å². The van der Waals surface area contributed by atoms with Crippen LogP contribution in [0, 0.1) is 12.8 Å². The molecule has 1 rings (SSSR count). The fourth-order valence-electron chi connectivity index (χ4n) is 2.39. The number of nitrogens with zero attached hydrogens (tertiary/aromatic N) is 2. The van der Waals surface area contributed by atoms with E-state index < -0.39 is 0 Å². The Morgan fingerprint density at radius 2 is 1.80 bits per heavy atom. The van der Waals surface area contributed by atoms with Crippen molar-refractivity contribution in [3.8, 4) is 0 Å². The fourth-order valence-corrected chi connectivity index (χ4v) is 2.39. The third kappa shape index (κ3) is 5.49. The van der Waals surface area contributed by atoms with Crippen LogP contribution >= 0.6 is 0 Å². The molecular formula is C17H31N3. The Morgan fingerprint density at radius 3 is 2.35 bits per heavy atom. The van der Waals surface area contributed by atoms with Crippen molar-refractivity contribution in [2.24, 2.45) is 5.92 Å². The van der Waals surface area contributed by atoms with Gasteiger partial charge in [-0.1, -0.05) is 27.7 Å². The lowest BCUT2D eigenvalue weighted by Gasteiger charge is -2.28. The molecule has 0 saturated heterocycles. The van der Waals surface area contributed by atoms with E-state index in [4.69, 9.17) is 0 Å². The number of rotatable bonds is 7. The van der Waals surface area contributed by atoms with Crippen LogP contribution in [-0.4, -0.2) is 24.1 Å². The van der Waals surface area contributed by atoms with Gasteiger partial charge in [-0.3, -0.25) is 0 Å². The number of hydrogen-bond acceptors (Lipinski definition) is 3. The van der Waals surface area contributed by atoms with E-state index in [0.29, 0.717) is 18.0 Å². The summed E-state index contributed by atoms with van der Waals surface area (Å²) in [5.41, 5.74) is 2.40. The van der Waals surface area contributed by atoms with Crippen LogP contribution in [0.5, 0.6) is 0 Å². The van der Waals surface area contributed by atoms with Crippen molar-refractivity contribution in [1.82, 2.24) is 10.3 Å². The summed E-state index contributed by atoms with van der Waals surface area (Å²) in [5.74, 6) is 1.79. The molecule has 3 nitrogen and oxygen atoms in total. The maximum absolute atomic E-state index is 4.69. The van der Waals surface area contributed by atoms with Gasteiger partial charge < -0.3 is 10.2 Å². The zero-order valence-corrected chi connectivity index (χ0v) is 14.2. The normalized spacial score (nSPS) is 13.1. The Bertz CT molecular complexity index is 413. The first-order valence-electron chi connectivity index (χ1n) is 7.73. The molecule has 1 heterocycles. The Kier molecular flexibility index (Phi) is 6.47. The monoisotopic (exact) mass is 277 g/mol. The molecule has 0 aliphatic rings. The molecule has 0 spiro atoms. The van der Waals surface area contributed by atoms with Gasteiger partial charge in [-0.15, -0.1) is 0 Å². The second-order valence-corrected chi connectivity index (χ2v) is 6.60. The summed E-state index contributed by atoms with van der Waals surface area (Å²) < 4.78 is 0. The summed E-state index contributed by atoms with van der Waals surface area (Å²) in [6, 6.07) is 5.39. The molecule has 1 atom stereocenters. The van der Waals surface area contributed by atoms with Crippen LogP contribution in [0.4, 0.5) is 5.82 Å². The van der Waals surface area contributed by atoms with Crippen LogP contribution in [0.1, 0.15) is 52.3 Å². The third-order valence-electron chi connectivity index (χ3n) is 3.55. The maximum atomic E-state index is 4.69. The molecule has 0 fully saturated rings. The molecule has 1 unspecified atom stereocenters. The van der Waals surface area contributed by atoms with E-state index in [2.05, 4.69) is 75.9 Å². The molecule has 0 amide bonds. The molecule has 1 aromatic heterocycles. The van der Waals surface area contributed by atoms with E-state index in [1.165, 1.54) is 12.0 Å². The van der Waals surface area contributed by atoms with Gasteiger partial charge in [-0.25, -0.2) is 4.98 Å². The van der Waals surface area contributed by atoms with Crippen molar-refractivity contribution < 1.29 is 0 Å². The summed E-state index contributed by atoms with van der Waals surface area (Å²) in [6.45, 7) is 14.1. The van der Waals surface area contributed by atoms with E-state index >= 15 is 0 Å². The molecule has 0 radical (unpaired) electrons. The Balaban J connectivity index is 2.83. The van der Waals surface area contributed by atoms with Crippen LogP contribution < -0.4 is 10.2 Å². The smallest absolute Gasteiger partial charge is 0.129 e. The van der Waals surface area contributed by atoms with Crippen LogP contribution in [-0.2, 0) is 6.54 Å². The van der Waals surface area contributed by atoms with Gasteiger partial charge in [-0.05, 0) is 43.9 Å². The topological polar surface area (TPSA) is 28.2 Å². The predicted octanol–water partition coefficient (Wildman–Crippen LogP) is 3.76. The third-order valence-corrected chi connectivity index (χ3v) is 3.55. The molecule has 114 valence electrons. The van der Waals surface area contributed by atoms with Crippen LogP contribution in [0.3, 0.4) is 0 Å². The van der Waals surface area contributed by atoms with Crippen LogP contribution in [0.2, 0.25) is 0 Å². The molecule has 0 saturated carbocycles. The zero-order chi connectivity index (χ0) is 15.3. The summed E-state index contributed by atoms with van der Waals surface area (Å²) >= 11 is 0. The molecular weight excluding hydrogens is 246 g/mol. The number of hydrogen-bond donors (Lipinski definition) is 1. The fraction of sp³-hybridized carbons (Fsp3) is 0.706. The van der Waals surface area contributed by atoms with Crippen molar-refractivity contribution >= 4 is 5.82 Å². The number of pyridine rings is 1. The SMILES string of the molecule is Cc1cc(CNC(C)C)cc(N(C)C(C)CC(C)C)n1. The van der Waals surface area contributed by atoms with E-state index in [-0.39, 0.29) is 0 Å². The van der Waals surface area contributed by atoms with Crippen molar-refractivity contribution in [2.45, 2.75) is 66.6 Å². The molecule has 0 aliphatic carbocycles. The summed E-state index contributed by atoms with van der Waals surface area (Å²) in [5, 5.41) is 3.47. The van der Waals surface area contributed by atoms with Gasteiger partial charge in [0.25, 0.3) is 0 Å². The minimum absolute atomic E-state index is 0.504. The van der Waals surface area contributed by atoms with Gasteiger partial charge in [0.15, 0.2) is 0 Å². The lowest BCUT2D eigenvalue weighted by molar-refractivity contribution is 0.501. The van der Waals surface area contributed by atoms with Gasteiger partial charge in [-0.2, -0.15) is 0 Å². The van der Waals surface area contributed by atoms with Gasteiger partial charge in [0.2, 0.25) is 0 Å². The number of nitrogens with one attached hydrogen (secondary N) is 1. The minimum atomic E-state index is 0.504. The Morgan fingerprint density at radius 1 is 1.15 bits per heavy atom. The molecule has 1 aromatic rings. The maximum Gasteiger partial charge on any atom is 0.129 e. The molecule has 3 heteroatoms. The van der Waals surface area contributed by atoms with Gasteiger partial charge >= 0.3 is 0 Å². The first-order valence-corrected chi connectivity index (χ1v) is 7.73. The highest BCUT2D eigenvalue weighted by atomic mass is 15.2. The van der Waals surface area contributed by atoms with Crippen LogP contribution in [0.15, 0.2) is 12.1 Å². The minimum Gasteiger partial charge on any atom is -0.357 e. The van der Waals surface area contributed by atoms with E-state index in [9.17, 15) is 0 Å². The largest absolute Gasteiger partial charge is 0.357 e. The first-order chi connectivity index (χ1) is 9.29. The molecule has 1 N–H and O–H groups in total. The molecule has 0 aromatic carbocycles. The lowest BCUT2D eigenvalue weighted by Crippen LogP contribution is -2.31. The Hall–Kier alpha value is -1.09. The number of anilines is 1. The van der Waals surface area contributed by atoms with E-state index in [0.717, 1.165) is 18.1 Å². The quantitative estimate of drug-likeness (QED) is 0.822. The van der Waals surface area contributed by atoms with Crippen molar-refractivity contribution in [2.75, 3.05) is 11.9 Å². The van der Waals surface area contributed by atoms with Gasteiger partial charge in [0.05, 0.1) is 0 Å². The van der Waals surface area contributed by atoms with Crippen molar-refractivity contribution in [1.29, 1.82) is 0 Å². The highest BCUT2D eigenvalue weighted by molar-refractivity contribution is 5.42. The summed E-state index contributed by atoms with van der Waals surface area (Å²) in [4.78, 5) is 6.98. The van der Waals surface area contributed by atoms with Crippen molar-refractivity contribution in [3.63, 3.8) is 0 Å². The predicted molar refractivity (Wildman–Crippen MR) is 88.3 cm³/mol. The molecule has 0 aliphatic heterocycles. The number of aromatic nitrogens is 1. The average Bonchev–Trinajstić information content (AvgIpc) is 2.34. The zero-order valence-electron chi connectivity index (χ0n) is 14.2. The number of aryl methyl sites for hydroxylation is 1. The second kappa shape index (κ2) is 7.63. The molecule has 20 heavy (non-hydrogen) atoms. The second-order valence-electron chi connectivity index (χ2n) is 6.60. The van der Waals surface area contributed by atoms with Gasteiger partial charge in [0.1, 0.15) is 5.82 Å². The highest BCUT2D eigenvalue weighted by Gasteiger charge is 2.14. The van der Waals surface area contributed by atoms with E-state index in [1.54, 1.807) is 0 Å². The standard InChI is InChI=1S/C17H31N3/c1-12(2)8-15(6)20(7)17-10-16(9-14(5)19-17)11-18-13(3)4/h9-10,12-13,15,18H,8,11H2,1-7H3. The highest BCUT2D eigenvalue weighted by Crippen LogP contribution is 2.19. The first kappa shape index (κ1) is 17.0. The summed E-state index contributed by atoms with van der Waals surface area (Å²) in [7, 11) is 2.15. The average molecular weight is 277 g/mol. The lowest BCUT2D eigenvalue weighted by atomic mass is 10.0. The summed E-state index contributed by atoms with van der Waals surface area (Å²) in [6.07, 6.45) is 1.19.